The number of hydrogen-bond donors (Lipinski definition) is 2. The lowest BCUT2D eigenvalue weighted by Crippen LogP contribution is -2.32. The van der Waals surface area contributed by atoms with E-state index < -0.39 is 48.8 Å². The van der Waals surface area contributed by atoms with E-state index >= 15 is 0 Å². The average molecular weight is 735 g/mol. The van der Waals surface area contributed by atoms with Crippen LogP contribution in [0.1, 0.15) is 66.8 Å². The quantitative estimate of drug-likeness (QED) is 0.200. The number of alkyl halides is 9. The second-order valence-corrected chi connectivity index (χ2v) is 11.4. The van der Waals surface area contributed by atoms with E-state index in [1.54, 1.807) is 6.07 Å². The number of aromatic nitrogens is 4. The van der Waals surface area contributed by atoms with Gasteiger partial charge in [0.2, 0.25) is 0 Å². The van der Waals surface area contributed by atoms with Gasteiger partial charge in [0.15, 0.2) is 0 Å². The van der Waals surface area contributed by atoms with Gasteiger partial charge in [0.05, 0.1) is 24.6 Å². The molecular formula is C30H36ClF9N6O3. The third kappa shape index (κ3) is 13.1. The van der Waals surface area contributed by atoms with E-state index in [4.69, 9.17) is 15.0 Å². The highest BCUT2D eigenvalue weighted by molar-refractivity contribution is 5.85. The fraction of sp³-hybridized carbons (Fsp3) is 0.533. The number of aryl methyl sites for hydroxylation is 1. The Morgan fingerprint density at radius 1 is 0.857 bits per heavy atom. The molecule has 0 bridgehead atoms. The third-order valence-electron chi connectivity index (χ3n) is 7.64. The Balaban J connectivity index is 0.00000158. The molecule has 9 nitrogen and oxygen atoms in total. The lowest BCUT2D eigenvalue weighted by Gasteiger charge is -2.33. The van der Waals surface area contributed by atoms with Crippen molar-refractivity contribution < 1.29 is 54.5 Å². The van der Waals surface area contributed by atoms with Crippen LogP contribution in [0.3, 0.4) is 0 Å². The lowest BCUT2D eigenvalue weighted by molar-refractivity contribution is -0.143. The van der Waals surface area contributed by atoms with Crippen LogP contribution in [0, 0.1) is 5.92 Å². The first-order chi connectivity index (χ1) is 22.2. The van der Waals surface area contributed by atoms with Gasteiger partial charge in [0, 0.05) is 31.9 Å². The van der Waals surface area contributed by atoms with Crippen LogP contribution in [0.25, 0.3) is 0 Å². The van der Waals surface area contributed by atoms with Gasteiger partial charge in [-0.2, -0.15) is 44.3 Å². The molecule has 0 aliphatic heterocycles. The fourth-order valence-corrected chi connectivity index (χ4v) is 5.63. The summed E-state index contributed by atoms with van der Waals surface area (Å²) < 4.78 is 122. The molecule has 4 rings (SSSR count). The molecule has 3 aromatic rings. The molecule has 0 unspecified atom stereocenters. The zero-order valence-corrected chi connectivity index (χ0v) is 27.2. The topological polar surface area (TPSA) is 108 Å². The molecule has 19 heteroatoms. The van der Waals surface area contributed by atoms with Crippen molar-refractivity contribution in [2.75, 3.05) is 22.9 Å². The number of anilines is 2. The summed E-state index contributed by atoms with van der Waals surface area (Å²) in [5.41, 5.74) is -2.30. The van der Waals surface area contributed by atoms with E-state index in [9.17, 15) is 39.5 Å². The van der Waals surface area contributed by atoms with Gasteiger partial charge in [0.25, 0.3) is 5.95 Å². The summed E-state index contributed by atoms with van der Waals surface area (Å²) in [5.74, 6) is 0.274. The molecule has 0 amide bonds. The minimum absolute atomic E-state index is 0. The van der Waals surface area contributed by atoms with Crippen LogP contribution in [-0.4, -0.2) is 55.8 Å². The normalized spacial score (nSPS) is 14.0. The van der Waals surface area contributed by atoms with Crippen molar-refractivity contribution in [3.63, 3.8) is 0 Å². The number of carbonyl (C=O) groups is 1. The molecule has 49 heavy (non-hydrogen) atoms. The summed E-state index contributed by atoms with van der Waals surface area (Å²) in [4.78, 5) is 13.0. The van der Waals surface area contributed by atoms with Crippen molar-refractivity contribution in [2.45, 2.75) is 77.1 Å². The molecule has 0 atom stereocenters. The SMILES string of the molecule is CCN(CC1CCCCC1)c1ccc(CC(F)(F)F)cc1CN(Cc1cc(C(F)(F)F)cc(C(F)(F)F)c1)c1nnn(C)n1.Cl.O=C(O)O. The number of nitrogens with zero attached hydrogens (tertiary/aromatic N) is 6. The first kappa shape index (κ1) is 41.2. The summed E-state index contributed by atoms with van der Waals surface area (Å²) in [7, 11) is 1.43. The van der Waals surface area contributed by atoms with Crippen molar-refractivity contribution in [3.05, 3.63) is 64.2 Å². The standard InChI is InChI=1S/C29H33F9N6.CH2O3.ClH/c1-3-43(16-19-7-5-4-6-8-19)25-10-9-20(15-27(30,31)32)11-22(25)18-44(26-39-41-42(2)40-26)17-21-12-23(28(33,34)35)14-24(13-21)29(36,37)38;2-1(3)4;/h9-14,19H,3-8,15-18H2,1-2H3;(H2,2,3,4);1H. The Bertz CT molecular complexity index is 1470. The first-order valence-corrected chi connectivity index (χ1v) is 14.9. The number of rotatable bonds is 10. The first-order valence-electron chi connectivity index (χ1n) is 14.9. The van der Waals surface area contributed by atoms with Gasteiger partial charge in [-0.15, -0.1) is 17.5 Å². The van der Waals surface area contributed by atoms with Crippen molar-refractivity contribution in [3.8, 4) is 0 Å². The summed E-state index contributed by atoms with van der Waals surface area (Å²) in [6, 6.07) is 5.63. The zero-order valence-electron chi connectivity index (χ0n) is 26.4. The predicted molar refractivity (Wildman–Crippen MR) is 164 cm³/mol. The molecule has 1 aliphatic rings. The highest BCUT2D eigenvalue weighted by Crippen LogP contribution is 2.37. The Morgan fingerprint density at radius 3 is 1.90 bits per heavy atom. The molecule has 0 radical (unpaired) electrons. The molecule has 0 saturated heterocycles. The number of halogens is 10. The summed E-state index contributed by atoms with van der Waals surface area (Å²) in [6.45, 7) is 2.41. The van der Waals surface area contributed by atoms with E-state index in [1.807, 2.05) is 6.92 Å². The highest BCUT2D eigenvalue weighted by atomic mass is 35.5. The Hall–Kier alpha value is -3.96. The van der Waals surface area contributed by atoms with Crippen molar-refractivity contribution in [1.82, 2.24) is 20.2 Å². The molecule has 2 aromatic carbocycles. The molecule has 1 heterocycles. The maximum Gasteiger partial charge on any atom is 0.503 e. The predicted octanol–water partition coefficient (Wildman–Crippen LogP) is 8.61. The average Bonchev–Trinajstić information content (AvgIpc) is 3.40. The van der Waals surface area contributed by atoms with Crippen molar-refractivity contribution >= 4 is 30.2 Å². The molecule has 1 saturated carbocycles. The Morgan fingerprint density at radius 2 is 1.43 bits per heavy atom. The smallest absolute Gasteiger partial charge is 0.450 e. The summed E-state index contributed by atoms with van der Waals surface area (Å²) >= 11 is 0. The van der Waals surface area contributed by atoms with Gasteiger partial charge in [-0.1, -0.05) is 36.5 Å². The van der Waals surface area contributed by atoms with Crippen LogP contribution in [-0.2, 0) is 38.9 Å². The highest BCUT2D eigenvalue weighted by Gasteiger charge is 2.37. The maximum absolute atomic E-state index is 13.6. The van der Waals surface area contributed by atoms with E-state index in [1.165, 1.54) is 24.1 Å². The van der Waals surface area contributed by atoms with Crippen molar-refractivity contribution in [2.24, 2.45) is 13.0 Å². The van der Waals surface area contributed by atoms with Crippen molar-refractivity contribution in [1.29, 1.82) is 0 Å². The molecule has 1 aromatic heterocycles. The minimum Gasteiger partial charge on any atom is -0.450 e. The zero-order chi connectivity index (χ0) is 35.9. The maximum atomic E-state index is 13.6. The number of carboxylic acid groups (broad SMARTS) is 2. The van der Waals surface area contributed by atoms with Crippen LogP contribution >= 0.6 is 12.4 Å². The second kappa shape index (κ2) is 17.1. The van der Waals surface area contributed by atoms with Crippen LogP contribution in [0.4, 0.5) is 55.9 Å². The summed E-state index contributed by atoms with van der Waals surface area (Å²) in [6.07, 6.45) is -12.3. The minimum atomic E-state index is -5.05. The van der Waals surface area contributed by atoms with Crippen LogP contribution < -0.4 is 9.80 Å². The van der Waals surface area contributed by atoms with E-state index in [-0.39, 0.29) is 42.1 Å². The monoisotopic (exact) mass is 734 g/mol. The number of tetrazole rings is 1. The Kier molecular flexibility index (Phi) is 14.4. The third-order valence-corrected chi connectivity index (χ3v) is 7.64. The summed E-state index contributed by atoms with van der Waals surface area (Å²) in [5, 5.41) is 25.7. The van der Waals surface area contributed by atoms with E-state index in [0.29, 0.717) is 42.4 Å². The van der Waals surface area contributed by atoms with Gasteiger partial charge in [-0.05, 0) is 71.9 Å². The molecule has 1 aliphatic carbocycles. The van der Waals surface area contributed by atoms with Gasteiger partial charge >= 0.3 is 24.7 Å². The van der Waals surface area contributed by atoms with Crippen LogP contribution in [0.15, 0.2) is 36.4 Å². The van der Waals surface area contributed by atoms with E-state index in [2.05, 4.69) is 20.3 Å². The molecule has 2 N–H and O–H groups in total. The second-order valence-electron chi connectivity index (χ2n) is 11.4. The molecule has 1 fully saturated rings. The van der Waals surface area contributed by atoms with E-state index in [0.717, 1.165) is 36.9 Å². The van der Waals surface area contributed by atoms with Gasteiger partial charge in [-0.25, -0.2) is 4.79 Å². The van der Waals surface area contributed by atoms with Gasteiger partial charge in [-0.3, -0.25) is 0 Å². The Labute approximate surface area is 282 Å². The van der Waals surface area contributed by atoms with Crippen LogP contribution in [0.2, 0.25) is 0 Å². The van der Waals surface area contributed by atoms with Gasteiger partial charge < -0.3 is 20.0 Å². The lowest BCUT2D eigenvalue weighted by atomic mass is 9.88. The molecular weight excluding hydrogens is 699 g/mol. The number of hydrogen-bond acceptors (Lipinski definition) is 6. The largest absolute Gasteiger partial charge is 0.503 e. The molecule has 0 spiro atoms. The number of benzene rings is 2. The van der Waals surface area contributed by atoms with Gasteiger partial charge in [0.1, 0.15) is 0 Å². The fourth-order valence-electron chi connectivity index (χ4n) is 5.63. The van der Waals surface area contributed by atoms with Crippen LogP contribution in [0.5, 0.6) is 0 Å². The molecule has 274 valence electrons.